The highest BCUT2D eigenvalue weighted by Gasteiger charge is 2.38. The minimum Gasteiger partial charge on any atom is -0.481 e. The van der Waals surface area contributed by atoms with Gasteiger partial charge in [0.25, 0.3) is 0 Å². The number of fused-ring (bicyclic) bond motifs is 1. The molecule has 2 aliphatic rings. The van der Waals surface area contributed by atoms with Crippen molar-refractivity contribution in [3.05, 3.63) is 11.6 Å². The van der Waals surface area contributed by atoms with Gasteiger partial charge >= 0.3 is 5.97 Å². The average molecular weight is 222 g/mol. The third-order valence-electron chi connectivity index (χ3n) is 4.57. The quantitative estimate of drug-likeness (QED) is 0.726. The van der Waals surface area contributed by atoms with Gasteiger partial charge in [-0.1, -0.05) is 25.0 Å². The fourth-order valence-electron chi connectivity index (χ4n) is 3.54. The molecule has 0 saturated heterocycles. The van der Waals surface area contributed by atoms with E-state index in [1.54, 1.807) is 0 Å². The molecular weight excluding hydrogens is 200 g/mol. The van der Waals surface area contributed by atoms with Gasteiger partial charge in [-0.2, -0.15) is 0 Å². The van der Waals surface area contributed by atoms with Gasteiger partial charge in [-0.05, 0) is 50.4 Å². The number of allylic oxidation sites excluding steroid dienone is 2. The van der Waals surface area contributed by atoms with Gasteiger partial charge in [0.1, 0.15) is 0 Å². The van der Waals surface area contributed by atoms with Crippen LogP contribution in [0.25, 0.3) is 0 Å². The highest BCUT2D eigenvalue weighted by molar-refractivity contribution is 5.70. The molecule has 2 aliphatic carbocycles. The maximum absolute atomic E-state index is 11.1. The molecule has 2 rings (SSSR count). The van der Waals surface area contributed by atoms with Crippen LogP contribution in [0.4, 0.5) is 0 Å². The number of carboxylic acids is 1. The summed E-state index contributed by atoms with van der Waals surface area (Å²) in [5, 5.41) is 9.17. The van der Waals surface area contributed by atoms with E-state index in [1.807, 2.05) is 6.92 Å². The Bertz CT molecular complexity index is 306. The van der Waals surface area contributed by atoms with Gasteiger partial charge in [0, 0.05) is 0 Å². The highest BCUT2D eigenvalue weighted by atomic mass is 16.4. The van der Waals surface area contributed by atoms with Crippen molar-refractivity contribution >= 4 is 5.97 Å². The summed E-state index contributed by atoms with van der Waals surface area (Å²) in [7, 11) is 0. The fraction of sp³-hybridized carbons (Fsp3) is 0.786. The predicted molar refractivity (Wildman–Crippen MR) is 64.1 cm³/mol. The summed E-state index contributed by atoms with van der Waals surface area (Å²) in [6, 6.07) is 0. The Hall–Kier alpha value is -0.790. The van der Waals surface area contributed by atoms with Crippen molar-refractivity contribution in [2.75, 3.05) is 0 Å². The number of carboxylic acid groups (broad SMARTS) is 1. The van der Waals surface area contributed by atoms with Gasteiger partial charge < -0.3 is 5.11 Å². The topological polar surface area (TPSA) is 37.3 Å². The van der Waals surface area contributed by atoms with Crippen LogP contribution in [0.2, 0.25) is 0 Å². The molecular formula is C14H22O2. The van der Waals surface area contributed by atoms with E-state index in [0.29, 0.717) is 11.8 Å². The normalized spacial score (nSPS) is 36.1. The van der Waals surface area contributed by atoms with Crippen molar-refractivity contribution in [2.45, 2.75) is 46.0 Å². The Balaban J connectivity index is 2.18. The van der Waals surface area contributed by atoms with Crippen molar-refractivity contribution in [2.24, 2.45) is 23.7 Å². The molecule has 0 radical (unpaired) electrons. The number of rotatable bonds is 2. The van der Waals surface area contributed by atoms with Crippen LogP contribution >= 0.6 is 0 Å². The number of aliphatic carboxylic acids is 1. The summed E-state index contributed by atoms with van der Waals surface area (Å²) in [6.07, 6.45) is 8.48. The Labute approximate surface area is 97.7 Å². The summed E-state index contributed by atoms with van der Waals surface area (Å²) < 4.78 is 0. The maximum atomic E-state index is 11.1. The Morgan fingerprint density at radius 3 is 2.88 bits per heavy atom. The van der Waals surface area contributed by atoms with Crippen molar-refractivity contribution in [3.63, 3.8) is 0 Å². The third kappa shape index (κ3) is 2.16. The average Bonchev–Trinajstić information content (AvgIpc) is 2.27. The number of carbonyl (C=O) groups is 1. The molecule has 0 aliphatic heterocycles. The Kier molecular flexibility index (Phi) is 3.36. The smallest absolute Gasteiger partial charge is 0.306 e. The molecule has 4 atom stereocenters. The van der Waals surface area contributed by atoms with Crippen LogP contribution in [0.15, 0.2) is 11.6 Å². The van der Waals surface area contributed by atoms with Gasteiger partial charge in [0.05, 0.1) is 5.92 Å². The van der Waals surface area contributed by atoms with E-state index >= 15 is 0 Å². The van der Waals surface area contributed by atoms with E-state index in [4.69, 9.17) is 5.11 Å². The molecule has 0 amide bonds. The monoisotopic (exact) mass is 222 g/mol. The largest absolute Gasteiger partial charge is 0.481 e. The van der Waals surface area contributed by atoms with Crippen molar-refractivity contribution in [1.82, 2.24) is 0 Å². The minimum absolute atomic E-state index is 0.185. The molecule has 0 spiro atoms. The van der Waals surface area contributed by atoms with Crippen LogP contribution in [0.3, 0.4) is 0 Å². The molecule has 0 heterocycles. The Morgan fingerprint density at radius 1 is 1.44 bits per heavy atom. The van der Waals surface area contributed by atoms with Crippen LogP contribution in [0.5, 0.6) is 0 Å². The molecule has 1 N–H and O–H groups in total. The van der Waals surface area contributed by atoms with E-state index in [0.717, 1.165) is 12.3 Å². The minimum atomic E-state index is -0.623. The van der Waals surface area contributed by atoms with E-state index in [1.165, 1.54) is 31.3 Å². The standard InChI is InChI=1S/C14H22O2/c1-9-6-7-11-4-3-5-12(13(11)8-9)10(2)14(15)16/h8,10-13H,3-7H2,1-2H3,(H,15,16)/t10-,11?,12+,13?/m1/s1. The first-order valence-corrected chi connectivity index (χ1v) is 6.49. The molecule has 0 bridgehead atoms. The summed E-state index contributed by atoms with van der Waals surface area (Å²) >= 11 is 0. The van der Waals surface area contributed by atoms with Gasteiger partial charge in [0.15, 0.2) is 0 Å². The van der Waals surface area contributed by atoms with Gasteiger partial charge in [-0.15, -0.1) is 0 Å². The summed E-state index contributed by atoms with van der Waals surface area (Å²) in [4.78, 5) is 11.1. The van der Waals surface area contributed by atoms with Crippen LogP contribution < -0.4 is 0 Å². The molecule has 1 saturated carbocycles. The molecule has 0 aromatic rings. The van der Waals surface area contributed by atoms with Crippen LogP contribution in [-0.2, 0) is 4.79 Å². The van der Waals surface area contributed by atoms with Crippen LogP contribution in [0, 0.1) is 23.7 Å². The second-order valence-corrected chi connectivity index (χ2v) is 5.61. The molecule has 0 aromatic carbocycles. The van der Waals surface area contributed by atoms with Crippen molar-refractivity contribution < 1.29 is 9.90 Å². The van der Waals surface area contributed by atoms with Gasteiger partial charge in [0.2, 0.25) is 0 Å². The highest BCUT2D eigenvalue weighted by Crippen LogP contribution is 2.45. The maximum Gasteiger partial charge on any atom is 0.306 e. The fourth-order valence-corrected chi connectivity index (χ4v) is 3.54. The number of hydrogen-bond acceptors (Lipinski definition) is 1. The van der Waals surface area contributed by atoms with E-state index in [9.17, 15) is 4.79 Å². The Morgan fingerprint density at radius 2 is 2.19 bits per heavy atom. The lowest BCUT2D eigenvalue weighted by molar-refractivity contribution is -0.144. The number of hydrogen-bond donors (Lipinski definition) is 1. The summed E-state index contributed by atoms with van der Waals surface area (Å²) in [5.41, 5.74) is 1.46. The van der Waals surface area contributed by atoms with Crippen LogP contribution in [-0.4, -0.2) is 11.1 Å². The molecule has 16 heavy (non-hydrogen) atoms. The molecule has 90 valence electrons. The first kappa shape index (κ1) is 11.7. The summed E-state index contributed by atoms with van der Waals surface area (Å²) in [6.45, 7) is 4.07. The molecule has 2 nitrogen and oxygen atoms in total. The van der Waals surface area contributed by atoms with E-state index < -0.39 is 5.97 Å². The predicted octanol–water partition coefficient (Wildman–Crippen LogP) is 3.48. The van der Waals surface area contributed by atoms with Crippen molar-refractivity contribution in [3.8, 4) is 0 Å². The van der Waals surface area contributed by atoms with Gasteiger partial charge in [-0.3, -0.25) is 4.79 Å². The lowest BCUT2D eigenvalue weighted by Crippen LogP contribution is -2.35. The third-order valence-corrected chi connectivity index (χ3v) is 4.57. The first-order valence-electron chi connectivity index (χ1n) is 6.49. The molecule has 0 aromatic heterocycles. The second-order valence-electron chi connectivity index (χ2n) is 5.61. The van der Waals surface area contributed by atoms with Crippen LogP contribution in [0.1, 0.15) is 46.0 Å². The van der Waals surface area contributed by atoms with Gasteiger partial charge in [-0.25, -0.2) is 0 Å². The zero-order chi connectivity index (χ0) is 11.7. The van der Waals surface area contributed by atoms with Crippen molar-refractivity contribution in [1.29, 1.82) is 0 Å². The molecule has 2 unspecified atom stereocenters. The summed E-state index contributed by atoms with van der Waals surface area (Å²) in [5.74, 6) is 0.849. The lowest BCUT2D eigenvalue weighted by atomic mass is 9.63. The lowest BCUT2D eigenvalue weighted by Gasteiger charge is -2.41. The molecule has 2 heteroatoms. The zero-order valence-electron chi connectivity index (χ0n) is 10.3. The first-order chi connectivity index (χ1) is 7.59. The van der Waals surface area contributed by atoms with E-state index in [2.05, 4.69) is 13.0 Å². The zero-order valence-corrected chi connectivity index (χ0v) is 10.3. The van der Waals surface area contributed by atoms with E-state index in [-0.39, 0.29) is 5.92 Å². The SMILES string of the molecule is CC1=CC2C(CCC[C@H]2[C@@H](C)C(=O)O)CC1. The second kappa shape index (κ2) is 4.60. The molecule has 1 fully saturated rings.